The second kappa shape index (κ2) is 5.36. The van der Waals surface area contributed by atoms with E-state index < -0.39 is 0 Å². The van der Waals surface area contributed by atoms with Gasteiger partial charge in [-0.2, -0.15) is 0 Å². The van der Waals surface area contributed by atoms with Gasteiger partial charge in [-0.3, -0.25) is 4.98 Å². The Labute approximate surface area is 108 Å². The average molecular weight is 244 g/mol. The van der Waals surface area contributed by atoms with Gasteiger partial charge in [-0.1, -0.05) is 19.9 Å². The molecule has 1 aromatic heterocycles. The van der Waals surface area contributed by atoms with Gasteiger partial charge in [0.25, 0.3) is 0 Å². The number of fused-ring (bicyclic) bond motifs is 1. The zero-order chi connectivity index (χ0) is 13.0. The van der Waals surface area contributed by atoms with Gasteiger partial charge in [-0.05, 0) is 31.3 Å². The molecule has 0 unspecified atom stereocenters. The number of rotatable bonds is 5. The number of nitrogens with zero attached hydrogens (tertiary/aromatic N) is 1. The number of ether oxygens (including phenoxy) is 1. The molecular formula is C15H20N2O. The van der Waals surface area contributed by atoms with Crippen LogP contribution in [0.25, 0.3) is 10.9 Å². The largest absolute Gasteiger partial charge is 0.492 e. The van der Waals surface area contributed by atoms with Crippen LogP contribution in [0.4, 0.5) is 0 Å². The number of nitrogens with one attached hydrogen (secondary N) is 1. The molecule has 0 radical (unpaired) electrons. The lowest BCUT2D eigenvalue weighted by atomic mass is 9.95. The summed E-state index contributed by atoms with van der Waals surface area (Å²) < 4.78 is 5.96. The third-order valence-electron chi connectivity index (χ3n) is 2.88. The van der Waals surface area contributed by atoms with Crippen LogP contribution in [0, 0.1) is 5.41 Å². The van der Waals surface area contributed by atoms with Crippen molar-refractivity contribution in [2.45, 2.75) is 13.8 Å². The Morgan fingerprint density at radius 3 is 2.83 bits per heavy atom. The van der Waals surface area contributed by atoms with Crippen LogP contribution in [0.1, 0.15) is 13.8 Å². The lowest BCUT2D eigenvalue weighted by molar-refractivity contribution is 0.181. The Hall–Kier alpha value is -1.61. The van der Waals surface area contributed by atoms with Crippen molar-refractivity contribution in [1.82, 2.24) is 10.3 Å². The molecule has 0 aliphatic heterocycles. The smallest absolute Gasteiger partial charge is 0.128 e. The van der Waals surface area contributed by atoms with Gasteiger partial charge in [0.2, 0.25) is 0 Å². The second-order valence-electron chi connectivity index (χ2n) is 5.31. The van der Waals surface area contributed by atoms with Crippen molar-refractivity contribution in [2.24, 2.45) is 5.41 Å². The molecule has 2 aromatic rings. The van der Waals surface area contributed by atoms with E-state index in [9.17, 15) is 0 Å². The van der Waals surface area contributed by atoms with E-state index in [1.807, 2.05) is 37.4 Å². The SMILES string of the molecule is CNCC(C)(C)COc1cccc2ncccc12. The summed E-state index contributed by atoms with van der Waals surface area (Å²) >= 11 is 0. The van der Waals surface area contributed by atoms with E-state index in [-0.39, 0.29) is 5.41 Å². The van der Waals surface area contributed by atoms with Crippen molar-refractivity contribution < 1.29 is 4.74 Å². The van der Waals surface area contributed by atoms with Crippen molar-refractivity contribution in [2.75, 3.05) is 20.2 Å². The number of hydrogen-bond donors (Lipinski definition) is 1. The van der Waals surface area contributed by atoms with E-state index in [1.54, 1.807) is 6.20 Å². The highest BCUT2D eigenvalue weighted by Gasteiger charge is 2.18. The fourth-order valence-electron chi connectivity index (χ4n) is 2.00. The lowest BCUT2D eigenvalue weighted by Gasteiger charge is -2.24. The van der Waals surface area contributed by atoms with Crippen LogP contribution in [-0.2, 0) is 0 Å². The molecule has 1 heterocycles. The summed E-state index contributed by atoms with van der Waals surface area (Å²) in [7, 11) is 1.96. The maximum atomic E-state index is 5.96. The molecule has 0 aliphatic carbocycles. The normalized spacial score (nSPS) is 11.7. The minimum Gasteiger partial charge on any atom is -0.492 e. The highest BCUT2D eigenvalue weighted by molar-refractivity contribution is 5.84. The number of aromatic nitrogens is 1. The molecule has 1 aromatic carbocycles. The van der Waals surface area contributed by atoms with Crippen LogP contribution in [0.15, 0.2) is 36.5 Å². The zero-order valence-electron chi connectivity index (χ0n) is 11.2. The Balaban J connectivity index is 2.17. The number of pyridine rings is 1. The van der Waals surface area contributed by atoms with Gasteiger partial charge in [-0.25, -0.2) is 0 Å². The van der Waals surface area contributed by atoms with Crippen LogP contribution >= 0.6 is 0 Å². The first-order valence-electron chi connectivity index (χ1n) is 6.23. The van der Waals surface area contributed by atoms with Gasteiger partial charge in [0.15, 0.2) is 0 Å². The Kier molecular flexibility index (Phi) is 3.82. The van der Waals surface area contributed by atoms with Gasteiger partial charge in [0, 0.05) is 23.5 Å². The van der Waals surface area contributed by atoms with E-state index in [0.717, 1.165) is 23.2 Å². The summed E-state index contributed by atoms with van der Waals surface area (Å²) in [4.78, 5) is 4.33. The highest BCUT2D eigenvalue weighted by Crippen LogP contribution is 2.25. The summed E-state index contributed by atoms with van der Waals surface area (Å²) in [5.41, 5.74) is 1.08. The summed E-state index contributed by atoms with van der Waals surface area (Å²) in [5, 5.41) is 4.26. The van der Waals surface area contributed by atoms with Gasteiger partial charge >= 0.3 is 0 Å². The molecule has 3 heteroatoms. The van der Waals surface area contributed by atoms with E-state index in [4.69, 9.17) is 4.74 Å². The van der Waals surface area contributed by atoms with Crippen LogP contribution in [0.3, 0.4) is 0 Å². The van der Waals surface area contributed by atoms with Crippen molar-refractivity contribution in [3.05, 3.63) is 36.5 Å². The van der Waals surface area contributed by atoms with Crippen LogP contribution in [0.5, 0.6) is 5.75 Å². The predicted molar refractivity (Wildman–Crippen MR) is 74.9 cm³/mol. The van der Waals surface area contributed by atoms with Crippen molar-refractivity contribution >= 4 is 10.9 Å². The molecule has 3 nitrogen and oxygen atoms in total. The Bertz CT molecular complexity index is 517. The predicted octanol–water partition coefficient (Wildman–Crippen LogP) is 2.86. The minimum atomic E-state index is 0.110. The van der Waals surface area contributed by atoms with Gasteiger partial charge in [-0.15, -0.1) is 0 Å². The molecule has 0 aliphatic rings. The molecule has 1 N–H and O–H groups in total. The summed E-state index contributed by atoms with van der Waals surface area (Å²) in [6.07, 6.45) is 1.80. The van der Waals surface area contributed by atoms with Crippen LogP contribution in [-0.4, -0.2) is 25.2 Å². The molecule has 0 atom stereocenters. The van der Waals surface area contributed by atoms with Crippen molar-refractivity contribution in [3.8, 4) is 5.75 Å². The fourth-order valence-corrected chi connectivity index (χ4v) is 2.00. The van der Waals surface area contributed by atoms with Crippen molar-refractivity contribution in [1.29, 1.82) is 0 Å². The summed E-state index contributed by atoms with van der Waals surface area (Å²) in [6, 6.07) is 9.97. The van der Waals surface area contributed by atoms with Crippen LogP contribution in [0.2, 0.25) is 0 Å². The van der Waals surface area contributed by atoms with Gasteiger partial charge in [0.05, 0.1) is 12.1 Å². The van der Waals surface area contributed by atoms with E-state index in [0.29, 0.717) is 6.61 Å². The third kappa shape index (κ3) is 2.99. The van der Waals surface area contributed by atoms with E-state index in [1.165, 1.54) is 0 Å². The van der Waals surface area contributed by atoms with Crippen LogP contribution < -0.4 is 10.1 Å². The molecule has 0 amide bonds. The Morgan fingerprint density at radius 2 is 2.06 bits per heavy atom. The van der Waals surface area contributed by atoms with Crippen molar-refractivity contribution in [3.63, 3.8) is 0 Å². The lowest BCUT2D eigenvalue weighted by Crippen LogP contribution is -2.32. The summed E-state index contributed by atoms with van der Waals surface area (Å²) in [5.74, 6) is 0.907. The molecule has 0 saturated carbocycles. The molecule has 18 heavy (non-hydrogen) atoms. The molecule has 0 bridgehead atoms. The minimum absolute atomic E-state index is 0.110. The first kappa shape index (κ1) is 12.8. The van der Waals surface area contributed by atoms with E-state index in [2.05, 4.69) is 24.1 Å². The monoisotopic (exact) mass is 244 g/mol. The first-order chi connectivity index (χ1) is 8.62. The molecule has 96 valence electrons. The number of benzene rings is 1. The molecular weight excluding hydrogens is 224 g/mol. The van der Waals surface area contributed by atoms with Gasteiger partial charge < -0.3 is 10.1 Å². The average Bonchev–Trinajstić information content (AvgIpc) is 2.36. The zero-order valence-corrected chi connectivity index (χ0v) is 11.2. The Morgan fingerprint density at radius 1 is 1.22 bits per heavy atom. The summed E-state index contributed by atoms with van der Waals surface area (Å²) in [6.45, 7) is 5.98. The standard InChI is InChI=1S/C15H20N2O/c1-15(2,10-16-3)11-18-14-8-4-7-13-12(14)6-5-9-17-13/h4-9,16H,10-11H2,1-3H3. The molecule has 0 fully saturated rings. The maximum absolute atomic E-state index is 5.96. The highest BCUT2D eigenvalue weighted by atomic mass is 16.5. The quantitative estimate of drug-likeness (QED) is 0.878. The topological polar surface area (TPSA) is 34.1 Å². The third-order valence-corrected chi connectivity index (χ3v) is 2.88. The molecule has 0 saturated heterocycles. The van der Waals surface area contributed by atoms with E-state index >= 15 is 0 Å². The fraction of sp³-hybridized carbons (Fsp3) is 0.400. The number of hydrogen-bond acceptors (Lipinski definition) is 3. The maximum Gasteiger partial charge on any atom is 0.128 e. The van der Waals surface area contributed by atoms with Gasteiger partial charge in [0.1, 0.15) is 5.75 Å². The molecule has 2 rings (SSSR count). The first-order valence-corrected chi connectivity index (χ1v) is 6.23. The second-order valence-corrected chi connectivity index (χ2v) is 5.31. The molecule has 0 spiro atoms.